The highest BCUT2D eigenvalue weighted by molar-refractivity contribution is 6.39. The van der Waals surface area contributed by atoms with E-state index < -0.39 is 5.97 Å². The van der Waals surface area contributed by atoms with E-state index in [2.05, 4.69) is 10.5 Å². The fourth-order valence-electron chi connectivity index (χ4n) is 0.792. The molecule has 0 saturated heterocycles. The monoisotopic (exact) mass is 246 g/mol. The number of halogens is 2. The van der Waals surface area contributed by atoms with Crippen LogP contribution in [-0.4, -0.2) is 16.8 Å². The van der Waals surface area contributed by atoms with Crippen molar-refractivity contribution in [1.29, 1.82) is 0 Å². The number of nitrogens with zero attached hydrogens (tertiary/aromatic N) is 1. The Hall–Kier alpha value is -1.26. The molecule has 6 heteroatoms. The zero-order chi connectivity index (χ0) is 11.4. The molecule has 0 unspecified atom stereocenters. The molecule has 0 aliphatic rings. The Morgan fingerprint density at radius 2 is 1.93 bits per heavy atom. The SMILES string of the molecule is C/C(=N\Nc1c(Cl)cccc1Cl)C(=O)O. The predicted molar refractivity (Wildman–Crippen MR) is 60.8 cm³/mol. The van der Waals surface area contributed by atoms with Gasteiger partial charge in [0.05, 0.1) is 15.7 Å². The highest BCUT2D eigenvalue weighted by atomic mass is 35.5. The van der Waals surface area contributed by atoms with Crippen LogP contribution in [0.4, 0.5) is 5.69 Å². The van der Waals surface area contributed by atoms with Gasteiger partial charge in [-0.3, -0.25) is 5.43 Å². The van der Waals surface area contributed by atoms with Gasteiger partial charge in [-0.1, -0.05) is 29.3 Å². The summed E-state index contributed by atoms with van der Waals surface area (Å²) in [4.78, 5) is 10.5. The Morgan fingerprint density at radius 1 is 1.40 bits per heavy atom. The van der Waals surface area contributed by atoms with Crippen LogP contribution in [0.1, 0.15) is 6.92 Å². The Labute approximate surface area is 96.5 Å². The lowest BCUT2D eigenvalue weighted by Gasteiger charge is -2.05. The molecule has 2 N–H and O–H groups in total. The van der Waals surface area contributed by atoms with E-state index >= 15 is 0 Å². The van der Waals surface area contributed by atoms with Crippen molar-refractivity contribution in [2.75, 3.05) is 5.43 Å². The predicted octanol–water partition coefficient (Wildman–Crippen LogP) is 2.87. The molecule has 0 amide bonds. The molecule has 80 valence electrons. The summed E-state index contributed by atoms with van der Waals surface area (Å²) >= 11 is 11.7. The van der Waals surface area contributed by atoms with E-state index in [0.717, 1.165) is 0 Å². The molecule has 0 atom stereocenters. The molecule has 0 bridgehead atoms. The van der Waals surface area contributed by atoms with Crippen LogP contribution in [0.5, 0.6) is 0 Å². The minimum Gasteiger partial charge on any atom is -0.477 e. The number of carbonyl (C=O) groups is 1. The molecule has 0 heterocycles. The van der Waals surface area contributed by atoms with Gasteiger partial charge in [0.25, 0.3) is 0 Å². The van der Waals surface area contributed by atoms with E-state index in [9.17, 15) is 4.79 Å². The lowest BCUT2D eigenvalue weighted by atomic mass is 10.3. The molecule has 0 aromatic heterocycles. The van der Waals surface area contributed by atoms with E-state index in [1.54, 1.807) is 18.2 Å². The second kappa shape index (κ2) is 5.00. The van der Waals surface area contributed by atoms with Crippen molar-refractivity contribution in [3.05, 3.63) is 28.2 Å². The molecule has 0 aliphatic heterocycles. The topological polar surface area (TPSA) is 61.7 Å². The van der Waals surface area contributed by atoms with Crippen molar-refractivity contribution < 1.29 is 9.90 Å². The number of carboxylic acids is 1. The van der Waals surface area contributed by atoms with Gasteiger partial charge in [0.2, 0.25) is 0 Å². The van der Waals surface area contributed by atoms with Gasteiger partial charge in [0, 0.05) is 0 Å². The highest BCUT2D eigenvalue weighted by Gasteiger charge is 2.05. The molecule has 0 radical (unpaired) electrons. The molecular weight excluding hydrogens is 239 g/mol. The van der Waals surface area contributed by atoms with Crippen LogP contribution in [0.3, 0.4) is 0 Å². The van der Waals surface area contributed by atoms with E-state index in [4.69, 9.17) is 28.3 Å². The molecule has 0 fully saturated rings. The zero-order valence-electron chi connectivity index (χ0n) is 7.79. The third kappa shape index (κ3) is 3.11. The number of rotatable bonds is 3. The number of aliphatic carboxylic acids is 1. The molecule has 15 heavy (non-hydrogen) atoms. The van der Waals surface area contributed by atoms with Gasteiger partial charge in [-0.15, -0.1) is 0 Å². The van der Waals surface area contributed by atoms with Crippen molar-refractivity contribution in [2.45, 2.75) is 6.92 Å². The van der Waals surface area contributed by atoms with Gasteiger partial charge < -0.3 is 5.11 Å². The third-order valence-corrected chi connectivity index (χ3v) is 2.24. The van der Waals surface area contributed by atoms with Crippen LogP contribution in [0.2, 0.25) is 10.0 Å². The second-order valence-electron chi connectivity index (χ2n) is 2.71. The molecule has 1 aromatic carbocycles. The van der Waals surface area contributed by atoms with Crippen molar-refractivity contribution in [3.8, 4) is 0 Å². The number of anilines is 1. The maximum atomic E-state index is 10.5. The third-order valence-electron chi connectivity index (χ3n) is 1.61. The fourth-order valence-corrected chi connectivity index (χ4v) is 1.27. The number of benzene rings is 1. The minimum absolute atomic E-state index is 0.0778. The van der Waals surface area contributed by atoms with Gasteiger partial charge in [-0.25, -0.2) is 4.79 Å². The maximum absolute atomic E-state index is 10.5. The van der Waals surface area contributed by atoms with Crippen LogP contribution in [0, 0.1) is 0 Å². The average molecular weight is 247 g/mol. The number of hydrazone groups is 1. The first-order valence-corrected chi connectivity index (χ1v) is 4.75. The lowest BCUT2D eigenvalue weighted by Crippen LogP contribution is -2.10. The Balaban J connectivity index is 2.91. The summed E-state index contributed by atoms with van der Waals surface area (Å²) in [7, 11) is 0. The van der Waals surface area contributed by atoms with Crippen LogP contribution in [-0.2, 0) is 4.79 Å². The normalized spacial score (nSPS) is 11.3. The van der Waals surface area contributed by atoms with Crippen molar-refractivity contribution in [1.82, 2.24) is 0 Å². The molecule has 0 aliphatic carbocycles. The molecule has 1 rings (SSSR count). The molecule has 1 aromatic rings. The highest BCUT2D eigenvalue weighted by Crippen LogP contribution is 2.29. The maximum Gasteiger partial charge on any atom is 0.351 e. The summed E-state index contributed by atoms with van der Waals surface area (Å²) < 4.78 is 0. The van der Waals surface area contributed by atoms with Crippen molar-refractivity contribution >= 4 is 40.6 Å². The summed E-state index contributed by atoms with van der Waals surface area (Å²) in [6, 6.07) is 4.94. The summed E-state index contributed by atoms with van der Waals surface area (Å²) in [6.07, 6.45) is 0. The fraction of sp³-hybridized carbons (Fsp3) is 0.111. The first-order chi connectivity index (χ1) is 7.02. The van der Waals surface area contributed by atoms with Gasteiger partial charge in [-0.2, -0.15) is 5.10 Å². The van der Waals surface area contributed by atoms with E-state index in [1.165, 1.54) is 6.92 Å². The molecule has 0 saturated carbocycles. The average Bonchev–Trinajstić information content (AvgIpc) is 2.16. The molecular formula is C9H8Cl2N2O2. The van der Waals surface area contributed by atoms with Crippen molar-refractivity contribution in [3.63, 3.8) is 0 Å². The smallest absolute Gasteiger partial charge is 0.351 e. The van der Waals surface area contributed by atoms with Gasteiger partial charge >= 0.3 is 5.97 Å². The quantitative estimate of drug-likeness (QED) is 0.637. The summed E-state index contributed by atoms with van der Waals surface area (Å²) in [6.45, 7) is 1.36. The Morgan fingerprint density at radius 3 is 2.40 bits per heavy atom. The zero-order valence-corrected chi connectivity index (χ0v) is 9.30. The Bertz CT molecular complexity index is 398. The van der Waals surface area contributed by atoms with E-state index in [0.29, 0.717) is 15.7 Å². The van der Waals surface area contributed by atoms with Crippen LogP contribution < -0.4 is 5.43 Å². The summed E-state index contributed by atoms with van der Waals surface area (Å²) in [5.41, 5.74) is 2.82. The van der Waals surface area contributed by atoms with Gasteiger partial charge in [0.15, 0.2) is 0 Å². The number of hydrogen-bond acceptors (Lipinski definition) is 3. The second-order valence-corrected chi connectivity index (χ2v) is 3.53. The van der Waals surface area contributed by atoms with Crippen LogP contribution in [0.25, 0.3) is 0 Å². The molecule has 4 nitrogen and oxygen atoms in total. The molecule has 0 spiro atoms. The van der Waals surface area contributed by atoms with Gasteiger partial charge in [0.1, 0.15) is 5.71 Å². The van der Waals surface area contributed by atoms with Crippen LogP contribution >= 0.6 is 23.2 Å². The standard InChI is InChI=1S/C9H8Cl2N2O2/c1-5(9(14)15)12-13-8-6(10)3-2-4-7(8)11/h2-4,13H,1H3,(H,14,15)/b12-5+. The lowest BCUT2D eigenvalue weighted by molar-refractivity contribution is -0.129. The minimum atomic E-state index is -1.11. The largest absolute Gasteiger partial charge is 0.477 e. The number of nitrogens with one attached hydrogen (secondary N) is 1. The van der Waals surface area contributed by atoms with E-state index in [1.807, 2.05) is 0 Å². The first kappa shape index (κ1) is 11.8. The van der Waals surface area contributed by atoms with Crippen LogP contribution in [0.15, 0.2) is 23.3 Å². The van der Waals surface area contributed by atoms with Gasteiger partial charge in [-0.05, 0) is 19.1 Å². The summed E-state index contributed by atoms with van der Waals surface area (Å²) in [5, 5.41) is 12.9. The first-order valence-electron chi connectivity index (χ1n) is 4.00. The number of carboxylic acid groups (broad SMARTS) is 1. The number of para-hydroxylation sites is 1. The Kier molecular flexibility index (Phi) is 3.94. The van der Waals surface area contributed by atoms with E-state index in [-0.39, 0.29) is 5.71 Å². The number of hydrogen-bond donors (Lipinski definition) is 2. The van der Waals surface area contributed by atoms with Crippen molar-refractivity contribution in [2.24, 2.45) is 5.10 Å². The summed E-state index contributed by atoms with van der Waals surface area (Å²) in [5.74, 6) is -1.11.